The van der Waals surface area contributed by atoms with Crippen LogP contribution in [0.2, 0.25) is 0 Å². The van der Waals surface area contributed by atoms with Crippen LogP contribution in [0.15, 0.2) is 34.3 Å². The van der Waals surface area contributed by atoms with Gasteiger partial charge < -0.3 is 0 Å². The molecule has 0 aliphatic heterocycles. The van der Waals surface area contributed by atoms with Gasteiger partial charge in [0.05, 0.1) is 4.90 Å². The monoisotopic (exact) mass is 199 g/mol. The number of rotatable bonds is 3. The van der Waals surface area contributed by atoms with E-state index in [0.29, 0.717) is 5.56 Å². The van der Waals surface area contributed by atoms with Gasteiger partial charge in [0, 0.05) is 6.26 Å². The minimum absolute atomic E-state index is 0.00333. The lowest BCUT2D eigenvalue weighted by Crippen LogP contribution is -1.97. The fourth-order valence-electron chi connectivity index (χ4n) is 0.949. The molecule has 0 aliphatic rings. The highest BCUT2D eigenvalue weighted by Gasteiger charge is 2.06. The summed E-state index contributed by atoms with van der Waals surface area (Å²) in [6.07, 6.45) is 1.13. The molecule has 0 atom stereocenters. The van der Waals surface area contributed by atoms with Gasteiger partial charge in [0.25, 0.3) is 0 Å². The molecular formula is C8H9NO3S. The fraction of sp³-hybridized carbons (Fsp3) is 0.250. The van der Waals surface area contributed by atoms with Gasteiger partial charge in [-0.15, -0.1) is 0 Å². The molecule has 0 unspecified atom stereocenters. The summed E-state index contributed by atoms with van der Waals surface area (Å²) < 4.78 is 22.2. The molecule has 0 fully saturated rings. The summed E-state index contributed by atoms with van der Waals surface area (Å²) >= 11 is 0. The van der Waals surface area contributed by atoms with Gasteiger partial charge in [-0.3, -0.25) is 0 Å². The van der Waals surface area contributed by atoms with Crippen LogP contribution in [0, 0.1) is 4.91 Å². The zero-order valence-corrected chi connectivity index (χ0v) is 7.91. The summed E-state index contributed by atoms with van der Waals surface area (Å²) in [5.74, 6) is 0. The van der Waals surface area contributed by atoms with Crippen LogP contribution in [-0.4, -0.2) is 14.7 Å². The quantitative estimate of drug-likeness (QED) is 0.690. The van der Waals surface area contributed by atoms with Gasteiger partial charge in [-0.1, -0.05) is 17.3 Å². The van der Waals surface area contributed by atoms with Crippen molar-refractivity contribution in [1.82, 2.24) is 0 Å². The number of benzene rings is 1. The lowest BCUT2D eigenvalue weighted by Gasteiger charge is -1.99. The second-order valence-corrected chi connectivity index (χ2v) is 4.72. The first kappa shape index (κ1) is 9.85. The van der Waals surface area contributed by atoms with E-state index in [0.717, 1.165) is 6.26 Å². The maximum atomic E-state index is 11.1. The van der Waals surface area contributed by atoms with Crippen molar-refractivity contribution < 1.29 is 8.42 Å². The van der Waals surface area contributed by atoms with E-state index in [9.17, 15) is 13.3 Å². The normalized spacial score (nSPS) is 11.2. The molecule has 70 valence electrons. The zero-order chi connectivity index (χ0) is 9.90. The summed E-state index contributed by atoms with van der Waals surface area (Å²) in [6, 6.07) is 6.20. The van der Waals surface area contributed by atoms with Crippen molar-refractivity contribution in [3.8, 4) is 0 Å². The molecule has 0 N–H and O–H groups in total. The molecule has 0 heterocycles. The van der Waals surface area contributed by atoms with E-state index >= 15 is 0 Å². The second-order valence-electron chi connectivity index (χ2n) is 2.71. The third-order valence-electron chi connectivity index (χ3n) is 1.57. The van der Waals surface area contributed by atoms with Crippen LogP contribution in [0.5, 0.6) is 0 Å². The van der Waals surface area contributed by atoms with Crippen LogP contribution in [0.1, 0.15) is 5.56 Å². The molecule has 0 aliphatic carbocycles. The van der Waals surface area contributed by atoms with Gasteiger partial charge in [0.1, 0.15) is 6.54 Å². The maximum Gasteiger partial charge on any atom is 0.175 e. The van der Waals surface area contributed by atoms with Gasteiger partial charge in [0.2, 0.25) is 0 Å². The van der Waals surface area contributed by atoms with E-state index in [1.54, 1.807) is 12.1 Å². The van der Waals surface area contributed by atoms with Crippen molar-refractivity contribution in [3.05, 3.63) is 34.7 Å². The Bertz CT molecular complexity index is 411. The number of nitrogens with zero attached hydrogens (tertiary/aromatic N) is 1. The summed E-state index contributed by atoms with van der Waals surface area (Å²) in [7, 11) is -3.19. The minimum atomic E-state index is -3.19. The fourth-order valence-corrected chi connectivity index (χ4v) is 1.64. The van der Waals surface area contributed by atoms with Crippen LogP contribution in [-0.2, 0) is 16.4 Å². The van der Waals surface area contributed by atoms with Crippen LogP contribution in [0.4, 0.5) is 0 Å². The van der Waals surface area contributed by atoms with Crippen molar-refractivity contribution in [2.75, 3.05) is 6.26 Å². The third kappa shape index (κ3) is 2.62. The average Bonchev–Trinajstić information content (AvgIpc) is 2.04. The lowest BCUT2D eigenvalue weighted by molar-refractivity contribution is 0.601. The van der Waals surface area contributed by atoms with Gasteiger partial charge >= 0.3 is 0 Å². The van der Waals surface area contributed by atoms with Crippen molar-refractivity contribution in [1.29, 1.82) is 0 Å². The Morgan fingerprint density at radius 2 is 2.08 bits per heavy atom. The number of hydrogen-bond acceptors (Lipinski definition) is 4. The third-order valence-corrected chi connectivity index (χ3v) is 2.68. The van der Waals surface area contributed by atoms with E-state index < -0.39 is 9.84 Å². The van der Waals surface area contributed by atoms with Crippen molar-refractivity contribution in [2.45, 2.75) is 11.4 Å². The first-order chi connectivity index (χ1) is 6.04. The van der Waals surface area contributed by atoms with Crippen LogP contribution < -0.4 is 0 Å². The molecule has 1 aromatic carbocycles. The summed E-state index contributed by atoms with van der Waals surface area (Å²) in [5.41, 5.74) is 0.609. The molecule has 0 radical (unpaired) electrons. The van der Waals surface area contributed by atoms with Crippen molar-refractivity contribution >= 4 is 9.84 Å². The van der Waals surface area contributed by atoms with Crippen LogP contribution >= 0.6 is 0 Å². The molecule has 0 saturated heterocycles. The van der Waals surface area contributed by atoms with E-state index in [4.69, 9.17) is 0 Å². The summed E-state index contributed by atoms with van der Waals surface area (Å²) in [5, 5.41) is 2.68. The average molecular weight is 199 g/mol. The Morgan fingerprint density at radius 1 is 1.38 bits per heavy atom. The molecule has 0 bridgehead atoms. The van der Waals surface area contributed by atoms with Gasteiger partial charge in [-0.25, -0.2) is 8.42 Å². The number of nitroso groups, excluding NO2 is 1. The van der Waals surface area contributed by atoms with E-state index in [2.05, 4.69) is 5.18 Å². The molecule has 0 aromatic heterocycles. The smallest absolute Gasteiger partial charge is 0.175 e. The predicted octanol–water partition coefficient (Wildman–Crippen LogP) is 1.36. The van der Waals surface area contributed by atoms with Gasteiger partial charge in [-0.05, 0) is 17.7 Å². The highest BCUT2D eigenvalue weighted by atomic mass is 32.2. The summed E-state index contributed by atoms with van der Waals surface area (Å²) in [4.78, 5) is 10.2. The topological polar surface area (TPSA) is 63.6 Å². The molecule has 4 nitrogen and oxygen atoms in total. The highest BCUT2D eigenvalue weighted by molar-refractivity contribution is 7.90. The molecule has 0 amide bonds. The van der Waals surface area contributed by atoms with E-state index in [1.807, 2.05) is 0 Å². The molecular weight excluding hydrogens is 190 g/mol. The Morgan fingerprint density at radius 3 is 2.62 bits per heavy atom. The SMILES string of the molecule is CS(=O)(=O)c1cccc(CN=O)c1. The van der Waals surface area contributed by atoms with Gasteiger partial charge in [0.15, 0.2) is 9.84 Å². The van der Waals surface area contributed by atoms with E-state index in [1.165, 1.54) is 12.1 Å². The largest absolute Gasteiger partial charge is 0.224 e. The standard InChI is InChI=1S/C8H9NO3S/c1-13(11,12)8-4-2-3-7(5-8)6-9-10/h2-5H,6H2,1H3. The highest BCUT2D eigenvalue weighted by Crippen LogP contribution is 2.11. The molecule has 0 saturated carbocycles. The summed E-state index contributed by atoms with van der Waals surface area (Å²) in [6.45, 7) is 0.00333. The van der Waals surface area contributed by atoms with Crippen LogP contribution in [0.25, 0.3) is 0 Å². The Hall–Kier alpha value is -1.23. The number of sulfone groups is 1. The van der Waals surface area contributed by atoms with Crippen molar-refractivity contribution in [2.24, 2.45) is 5.18 Å². The van der Waals surface area contributed by atoms with Gasteiger partial charge in [-0.2, -0.15) is 4.91 Å². The molecule has 5 heteroatoms. The molecule has 0 spiro atoms. The lowest BCUT2D eigenvalue weighted by atomic mass is 10.2. The first-order valence-electron chi connectivity index (χ1n) is 3.62. The van der Waals surface area contributed by atoms with Crippen molar-refractivity contribution in [3.63, 3.8) is 0 Å². The van der Waals surface area contributed by atoms with Crippen LogP contribution in [0.3, 0.4) is 0 Å². The Kier molecular flexibility index (Phi) is 2.77. The number of hydrogen-bond donors (Lipinski definition) is 0. The zero-order valence-electron chi connectivity index (χ0n) is 7.10. The predicted molar refractivity (Wildman–Crippen MR) is 49.1 cm³/mol. The molecule has 13 heavy (non-hydrogen) atoms. The Balaban J connectivity index is 3.13. The molecule has 1 aromatic rings. The first-order valence-corrected chi connectivity index (χ1v) is 5.51. The van der Waals surface area contributed by atoms with E-state index in [-0.39, 0.29) is 11.4 Å². The second kappa shape index (κ2) is 3.66. The maximum absolute atomic E-state index is 11.1. The molecule has 1 rings (SSSR count). The minimum Gasteiger partial charge on any atom is -0.224 e. The Labute approximate surface area is 76.5 Å².